The Morgan fingerprint density at radius 1 is 1.38 bits per heavy atom. The van der Waals surface area contributed by atoms with Crippen molar-refractivity contribution in [2.24, 2.45) is 10.8 Å². The molecular formula is C19H27NO4. The van der Waals surface area contributed by atoms with Gasteiger partial charge in [0, 0.05) is 12.6 Å². The van der Waals surface area contributed by atoms with Gasteiger partial charge in [-0.05, 0) is 23.8 Å². The topological polar surface area (TPSA) is 66.8 Å². The molecule has 1 amide bonds. The molecule has 1 fully saturated rings. The molecule has 2 atom stereocenters. The summed E-state index contributed by atoms with van der Waals surface area (Å²) in [7, 11) is 0. The Kier molecular flexibility index (Phi) is 5.65. The summed E-state index contributed by atoms with van der Waals surface area (Å²) >= 11 is 0. The number of carbonyl (C=O) groups excluding carboxylic acids is 1. The predicted molar refractivity (Wildman–Crippen MR) is 91.8 cm³/mol. The molecule has 1 aromatic rings. The van der Waals surface area contributed by atoms with E-state index in [1.807, 2.05) is 51.1 Å². The first kappa shape index (κ1) is 18.5. The van der Waals surface area contributed by atoms with Gasteiger partial charge in [0.1, 0.15) is 6.29 Å². The van der Waals surface area contributed by atoms with E-state index < -0.39 is 11.5 Å². The van der Waals surface area contributed by atoms with Crippen LogP contribution in [0.5, 0.6) is 0 Å². The van der Waals surface area contributed by atoms with Gasteiger partial charge in [-0.1, -0.05) is 51.1 Å². The van der Waals surface area contributed by atoms with Crippen LogP contribution in [0.4, 0.5) is 4.79 Å². The van der Waals surface area contributed by atoms with Crippen molar-refractivity contribution in [2.45, 2.75) is 46.3 Å². The second-order valence-corrected chi connectivity index (χ2v) is 7.77. The molecule has 0 aliphatic carbocycles. The van der Waals surface area contributed by atoms with Crippen LogP contribution in [0.1, 0.15) is 39.2 Å². The molecule has 5 nitrogen and oxygen atoms in total. The number of carbonyl (C=O) groups is 2. The molecule has 132 valence electrons. The maximum absolute atomic E-state index is 11.8. The molecule has 0 saturated carbocycles. The van der Waals surface area contributed by atoms with E-state index in [0.717, 1.165) is 11.8 Å². The lowest BCUT2D eigenvalue weighted by Crippen LogP contribution is -2.56. The maximum Gasteiger partial charge on any atom is 0.407 e. The summed E-state index contributed by atoms with van der Waals surface area (Å²) in [6, 6.07) is 9.63. The lowest BCUT2D eigenvalue weighted by Gasteiger charge is -2.48. The number of carboxylic acid groups (broad SMARTS) is 1. The molecule has 24 heavy (non-hydrogen) atoms. The van der Waals surface area contributed by atoms with Gasteiger partial charge in [0.25, 0.3) is 0 Å². The first-order valence-electron chi connectivity index (χ1n) is 8.35. The predicted octanol–water partition coefficient (Wildman–Crippen LogP) is 3.58. The number of likely N-dealkylation sites (tertiary alicyclic amines) is 1. The third-order valence-electron chi connectivity index (χ3n) is 4.82. The summed E-state index contributed by atoms with van der Waals surface area (Å²) < 4.78 is 5.81. The van der Waals surface area contributed by atoms with Crippen LogP contribution in [0.25, 0.3) is 0 Å². The fraction of sp³-hybridized carbons (Fsp3) is 0.579. The molecule has 0 bridgehead atoms. The number of rotatable bonds is 5. The molecule has 1 aliphatic heterocycles. The zero-order valence-corrected chi connectivity index (χ0v) is 14.7. The SMILES string of the molecule is CC(C)(C)C1CC(C=O)(COCc2ccccc2)CCN1C(=O)O. The maximum atomic E-state index is 11.8. The number of amides is 1. The second kappa shape index (κ2) is 7.34. The average molecular weight is 333 g/mol. The lowest BCUT2D eigenvalue weighted by atomic mass is 9.70. The number of hydrogen-bond acceptors (Lipinski definition) is 3. The number of hydrogen-bond donors (Lipinski definition) is 1. The van der Waals surface area contributed by atoms with Crippen molar-refractivity contribution >= 4 is 12.4 Å². The van der Waals surface area contributed by atoms with E-state index in [9.17, 15) is 14.7 Å². The fourth-order valence-electron chi connectivity index (χ4n) is 3.32. The van der Waals surface area contributed by atoms with Crippen LogP contribution in [0.2, 0.25) is 0 Å². The summed E-state index contributed by atoms with van der Waals surface area (Å²) in [6.07, 6.45) is 1.06. The normalized spacial score (nSPS) is 24.6. The van der Waals surface area contributed by atoms with E-state index in [4.69, 9.17) is 4.74 Å². The van der Waals surface area contributed by atoms with Crippen molar-refractivity contribution in [3.63, 3.8) is 0 Å². The molecule has 0 spiro atoms. The minimum absolute atomic E-state index is 0.200. The van der Waals surface area contributed by atoms with Crippen LogP contribution in [-0.2, 0) is 16.1 Å². The summed E-state index contributed by atoms with van der Waals surface area (Å²) in [5.74, 6) is 0. The Bertz CT molecular complexity index is 566. The molecule has 2 unspecified atom stereocenters. The van der Waals surface area contributed by atoms with Crippen LogP contribution in [-0.4, -0.2) is 41.6 Å². The third-order valence-corrected chi connectivity index (χ3v) is 4.82. The van der Waals surface area contributed by atoms with Crippen LogP contribution < -0.4 is 0 Å². The highest BCUT2D eigenvalue weighted by atomic mass is 16.5. The number of aldehydes is 1. The minimum Gasteiger partial charge on any atom is -0.465 e. The zero-order chi connectivity index (χ0) is 17.8. The van der Waals surface area contributed by atoms with E-state index in [2.05, 4.69) is 0 Å². The van der Waals surface area contributed by atoms with Gasteiger partial charge in [-0.2, -0.15) is 0 Å². The molecule has 0 radical (unpaired) electrons. The Hall–Kier alpha value is -1.88. The summed E-state index contributed by atoms with van der Waals surface area (Å²) in [4.78, 5) is 24.8. The summed E-state index contributed by atoms with van der Waals surface area (Å²) in [5, 5.41) is 9.45. The highest BCUT2D eigenvalue weighted by Gasteiger charge is 2.46. The standard InChI is InChI=1S/C19H27NO4/c1-18(2,3)16-11-19(13-21,9-10-20(16)17(22)23)14-24-12-15-7-5-4-6-8-15/h4-8,13,16H,9-12,14H2,1-3H3,(H,22,23). The smallest absolute Gasteiger partial charge is 0.407 e. The van der Waals surface area contributed by atoms with Crippen molar-refractivity contribution in [1.82, 2.24) is 4.90 Å². The fourth-order valence-corrected chi connectivity index (χ4v) is 3.32. The molecule has 5 heteroatoms. The van der Waals surface area contributed by atoms with Crippen molar-refractivity contribution in [3.05, 3.63) is 35.9 Å². The first-order chi connectivity index (χ1) is 11.3. The van der Waals surface area contributed by atoms with Gasteiger partial charge in [0.2, 0.25) is 0 Å². The minimum atomic E-state index is -0.917. The molecule has 0 aromatic heterocycles. The van der Waals surface area contributed by atoms with Crippen molar-refractivity contribution in [3.8, 4) is 0 Å². The van der Waals surface area contributed by atoms with E-state index in [0.29, 0.717) is 32.6 Å². The van der Waals surface area contributed by atoms with E-state index in [-0.39, 0.29) is 11.5 Å². The Labute approximate surface area is 143 Å². The van der Waals surface area contributed by atoms with Crippen LogP contribution >= 0.6 is 0 Å². The molecule has 1 aromatic carbocycles. The highest BCUT2D eigenvalue weighted by Crippen LogP contribution is 2.40. The largest absolute Gasteiger partial charge is 0.465 e. The second-order valence-electron chi connectivity index (χ2n) is 7.77. The van der Waals surface area contributed by atoms with Crippen LogP contribution in [0.3, 0.4) is 0 Å². The quantitative estimate of drug-likeness (QED) is 0.837. The average Bonchev–Trinajstić information content (AvgIpc) is 2.54. The van der Waals surface area contributed by atoms with Crippen LogP contribution in [0.15, 0.2) is 30.3 Å². The Morgan fingerprint density at radius 3 is 2.58 bits per heavy atom. The highest BCUT2D eigenvalue weighted by molar-refractivity contribution is 5.67. The van der Waals surface area contributed by atoms with Gasteiger partial charge in [-0.25, -0.2) is 4.79 Å². The Morgan fingerprint density at radius 2 is 2.04 bits per heavy atom. The molecule has 2 rings (SSSR count). The van der Waals surface area contributed by atoms with Crippen molar-refractivity contribution in [2.75, 3.05) is 13.2 Å². The Balaban J connectivity index is 2.05. The van der Waals surface area contributed by atoms with E-state index >= 15 is 0 Å². The number of nitrogens with zero attached hydrogens (tertiary/aromatic N) is 1. The van der Waals surface area contributed by atoms with Gasteiger partial charge in [0.15, 0.2) is 0 Å². The number of benzene rings is 1. The summed E-state index contributed by atoms with van der Waals surface area (Å²) in [5.41, 5.74) is 0.222. The lowest BCUT2D eigenvalue weighted by molar-refractivity contribution is -0.127. The molecule has 1 heterocycles. The molecular weight excluding hydrogens is 306 g/mol. The number of ether oxygens (including phenoxy) is 1. The van der Waals surface area contributed by atoms with Gasteiger partial charge in [-0.3, -0.25) is 0 Å². The third kappa shape index (κ3) is 4.35. The summed E-state index contributed by atoms with van der Waals surface area (Å²) in [6.45, 7) is 7.19. The zero-order valence-electron chi connectivity index (χ0n) is 14.7. The van der Waals surface area contributed by atoms with Crippen molar-refractivity contribution < 1.29 is 19.4 Å². The first-order valence-corrected chi connectivity index (χ1v) is 8.35. The monoisotopic (exact) mass is 333 g/mol. The molecule has 1 saturated heterocycles. The molecule has 1 N–H and O–H groups in total. The van der Waals surface area contributed by atoms with E-state index in [1.54, 1.807) is 0 Å². The van der Waals surface area contributed by atoms with Gasteiger partial charge < -0.3 is 19.5 Å². The molecule has 1 aliphatic rings. The van der Waals surface area contributed by atoms with Crippen molar-refractivity contribution in [1.29, 1.82) is 0 Å². The van der Waals surface area contributed by atoms with E-state index in [1.165, 1.54) is 4.90 Å². The van der Waals surface area contributed by atoms with Crippen LogP contribution in [0, 0.1) is 10.8 Å². The van der Waals surface area contributed by atoms with Gasteiger partial charge >= 0.3 is 6.09 Å². The number of piperidine rings is 1. The van der Waals surface area contributed by atoms with Gasteiger partial charge in [0.05, 0.1) is 18.6 Å². The van der Waals surface area contributed by atoms with Gasteiger partial charge in [-0.15, -0.1) is 0 Å².